The van der Waals surface area contributed by atoms with Crippen LogP contribution in [0.2, 0.25) is 0 Å². The van der Waals surface area contributed by atoms with Crippen molar-refractivity contribution in [2.45, 2.75) is 0 Å². The number of hydrogen-bond acceptors (Lipinski definition) is 5. The molecule has 0 saturated heterocycles. The lowest BCUT2D eigenvalue weighted by molar-refractivity contribution is 1.31. The summed E-state index contributed by atoms with van der Waals surface area (Å²) in [6, 6.07) is 55.5. The average molecular weight is 688 g/mol. The van der Waals surface area contributed by atoms with E-state index in [4.69, 9.17) is 19.9 Å². The summed E-state index contributed by atoms with van der Waals surface area (Å²) in [6.45, 7) is 0. The van der Waals surface area contributed by atoms with E-state index in [1.807, 2.05) is 24.4 Å². The third kappa shape index (κ3) is 4.90. The van der Waals surface area contributed by atoms with Gasteiger partial charge >= 0.3 is 0 Å². The van der Waals surface area contributed by atoms with Crippen LogP contribution in [0, 0.1) is 0 Å². The highest BCUT2D eigenvalue weighted by Gasteiger charge is 2.19. The number of pyridine rings is 5. The van der Waals surface area contributed by atoms with Crippen molar-refractivity contribution in [1.82, 2.24) is 24.9 Å². The van der Waals surface area contributed by atoms with Gasteiger partial charge in [-0.15, -0.1) is 0 Å². The van der Waals surface area contributed by atoms with E-state index < -0.39 is 0 Å². The first-order valence-corrected chi connectivity index (χ1v) is 18.1. The van der Waals surface area contributed by atoms with E-state index in [0.29, 0.717) is 0 Å². The van der Waals surface area contributed by atoms with Gasteiger partial charge < -0.3 is 0 Å². The second kappa shape index (κ2) is 12.1. The van der Waals surface area contributed by atoms with Gasteiger partial charge in [0, 0.05) is 56.8 Å². The lowest BCUT2D eigenvalue weighted by Crippen LogP contribution is -1.95. The maximum atomic E-state index is 5.31. The molecule has 54 heavy (non-hydrogen) atoms. The molecule has 5 aromatic heterocycles. The van der Waals surface area contributed by atoms with Crippen molar-refractivity contribution in [1.29, 1.82) is 0 Å². The number of rotatable bonds is 4. The Hall–Kier alpha value is -7.37. The maximum Gasteiger partial charge on any atom is 0.0972 e. The minimum atomic E-state index is 0.911. The van der Waals surface area contributed by atoms with E-state index in [1.165, 1.54) is 0 Å². The first kappa shape index (κ1) is 30.3. The highest BCUT2D eigenvalue weighted by Crippen LogP contribution is 2.43. The molecular formula is C49H29N5. The smallest absolute Gasteiger partial charge is 0.0972 e. The molecule has 0 atom stereocenters. The molecule has 0 aliphatic heterocycles. The largest absolute Gasteiger partial charge is 0.265 e. The summed E-state index contributed by atoms with van der Waals surface area (Å²) in [5.74, 6) is 0. The molecule has 0 bridgehead atoms. The van der Waals surface area contributed by atoms with Crippen molar-refractivity contribution in [3.05, 3.63) is 176 Å². The highest BCUT2D eigenvalue weighted by atomic mass is 14.8. The number of aromatic nitrogens is 5. The molecule has 5 nitrogen and oxygen atoms in total. The SMILES string of the molecule is c1cnc2c(c1)ccc1ccc(-c3c4ccccc4c(-c4ccc5cc(-c6ccc7nc(-c8ccncc8)ccc7c6)ccc5n4)c4ccccc34)nc12. The van der Waals surface area contributed by atoms with Gasteiger partial charge in [0.05, 0.1) is 39.1 Å². The van der Waals surface area contributed by atoms with Gasteiger partial charge in [-0.3, -0.25) is 9.97 Å². The molecule has 0 fully saturated rings. The lowest BCUT2D eigenvalue weighted by Gasteiger charge is -2.17. The average Bonchev–Trinajstić information content (AvgIpc) is 3.25. The molecule has 250 valence electrons. The summed E-state index contributed by atoms with van der Waals surface area (Å²) >= 11 is 0. The predicted octanol–water partition coefficient (Wildman–Crippen LogP) is 12.2. The summed E-state index contributed by atoms with van der Waals surface area (Å²) in [5, 5.41) is 8.92. The van der Waals surface area contributed by atoms with Crippen LogP contribution in [0.1, 0.15) is 0 Å². The van der Waals surface area contributed by atoms with Gasteiger partial charge in [0.1, 0.15) is 0 Å². The van der Waals surface area contributed by atoms with Crippen LogP contribution in [0.25, 0.3) is 110 Å². The Kier molecular flexibility index (Phi) is 6.79. The van der Waals surface area contributed by atoms with E-state index in [-0.39, 0.29) is 0 Å². The Morgan fingerprint density at radius 2 is 0.815 bits per heavy atom. The van der Waals surface area contributed by atoms with Crippen molar-refractivity contribution in [3.63, 3.8) is 0 Å². The van der Waals surface area contributed by atoms with Gasteiger partial charge in [-0.2, -0.15) is 0 Å². The van der Waals surface area contributed by atoms with E-state index in [9.17, 15) is 0 Å². The summed E-state index contributed by atoms with van der Waals surface area (Å²) in [4.78, 5) is 24.4. The molecule has 0 aliphatic rings. The standard InChI is InChI=1S/C49H29N5/c1-3-9-39-37(7-1)46(38-8-2-4-10-40(38)47(39)45-21-13-32-12-11-31-6-5-25-51-48(31)49(32)54-45)44-22-17-36-29-34(15-19-43(36)53-44)33-14-18-42-35(28-33)16-20-41(52-42)30-23-26-50-27-24-30/h1-29H. The van der Waals surface area contributed by atoms with Crippen LogP contribution in [0.15, 0.2) is 176 Å². The van der Waals surface area contributed by atoms with E-state index in [0.717, 1.165) is 110 Å². The monoisotopic (exact) mass is 687 g/mol. The van der Waals surface area contributed by atoms with Crippen molar-refractivity contribution >= 4 is 65.2 Å². The molecule has 0 spiro atoms. The molecule has 0 unspecified atom stereocenters. The lowest BCUT2D eigenvalue weighted by atomic mass is 9.88. The maximum absolute atomic E-state index is 5.31. The van der Waals surface area contributed by atoms with Crippen molar-refractivity contribution in [2.24, 2.45) is 0 Å². The number of hydrogen-bond donors (Lipinski definition) is 0. The summed E-state index contributed by atoms with van der Waals surface area (Å²) < 4.78 is 0. The molecule has 11 rings (SSSR count). The molecule has 5 heteroatoms. The first-order valence-electron chi connectivity index (χ1n) is 18.1. The molecule has 0 amide bonds. The zero-order chi connectivity index (χ0) is 35.6. The molecule has 6 aromatic carbocycles. The predicted molar refractivity (Wildman–Crippen MR) is 222 cm³/mol. The summed E-state index contributed by atoms with van der Waals surface area (Å²) in [7, 11) is 0. The van der Waals surface area contributed by atoms with Crippen LogP contribution in [0.5, 0.6) is 0 Å². The van der Waals surface area contributed by atoms with Gasteiger partial charge in [0.2, 0.25) is 0 Å². The van der Waals surface area contributed by atoms with Crippen LogP contribution in [0.3, 0.4) is 0 Å². The zero-order valence-electron chi connectivity index (χ0n) is 29.0. The van der Waals surface area contributed by atoms with E-state index in [2.05, 4.69) is 145 Å². The third-order valence-electron chi connectivity index (χ3n) is 10.6. The summed E-state index contributed by atoms with van der Waals surface area (Å²) in [5.41, 5.74) is 12.1. The fourth-order valence-electron chi connectivity index (χ4n) is 7.98. The molecule has 0 aliphatic carbocycles. The second-order valence-corrected chi connectivity index (χ2v) is 13.7. The molecule has 5 heterocycles. The fourth-order valence-corrected chi connectivity index (χ4v) is 7.98. The van der Waals surface area contributed by atoms with Gasteiger partial charge in [-0.1, -0.05) is 97.1 Å². The minimum absolute atomic E-state index is 0.911. The molecular weight excluding hydrogens is 659 g/mol. The minimum Gasteiger partial charge on any atom is -0.265 e. The number of benzene rings is 6. The van der Waals surface area contributed by atoms with Crippen LogP contribution < -0.4 is 0 Å². The van der Waals surface area contributed by atoms with Crippen molar-refractivity contribution in [2.75, 3.05) is 0 Å². The van der Waals surface area contributed by atoms with E-state index >= 15 is 0 Å². The molecule has 0 radical (unpaired) electrons. The normalized spacial score (nSPS) is 11.7. The van der Waals surface area contributed by atoms with Gasteiger partial charge in [-0.05, 0) is 93.3 Å². The Bertz CT molecular complexity index is 3230. The third-order valence-corrected chi connectivity index (χ3v) is 10.6. The van der Waals surface area contributed by atoms with Crippen LogP contribution in [-0.2, 0) is 0 Å². The van der Waals surface area contributed by atoms with Crippen LogP contribution in [-0.4, -0.2) is 24.9 Å². The van der Waals surface area contributed by atoms with Gasteiger partial charge in [0.25, 0.3) is 0 Å². The highest BCUT2D eigenvalue weighted by molar-refractivity contribution is 6.21. The number of nitrogens with zero attached hydrogens (tertiary/aromatic N) is 5. The summed E-state index contributed by atoms with van der Waals surface area (Å²) in [6.07, 6.45) is 5.44. The Morgan fingerprint density at radius 3 is 1.43 bits per heavy atom. The Labute approximate surface area is 310 Å². The Balaban J connectivity index is 1.03. The first-order chi connectivity index (χ1) is 26.7. The van der Waals surface area contributed by atoms with Gasteiger partial charge in [-0.25, -0.2) is 15.0 Å². The molecule has 0 saturated carbocycles. The van der Waals surface area contributed by atoms with Crippen molar-refractivity contribution < 1.29 is 0 Å². The van der Waals surface area contributed by atoms with Gasteiger partial charge in [0.15, 0.2) is 0 Å². The van der Waals surface area contributed by atoms with Crippen molar-refractivity contribution in [3.8, 4) is 44.9 Å². The number of fused-ring (bicyclic) bond motifs is 7. The topological polar surface area (TPSA) is 64.5 Å². The molecule has 11 aromatic rings. The molecule has 0 N–H and O–H groups in total. The fraction of sp³-hybridized carbons (Fsp3) is 0. The second-order valence-electron chi connectivity index (χ2n) is 13.7. The van der Waals surface area contributed by atoms with Crippen LogP contribution in [0.4, 0.5) is 0 Å². The van der Waals surface area contributed by atoms with E-state index in [1.54, 1.807) is 12.4 Å². The van der Waals surface area contributed by atoms with Crippen LogP contribution >= 0.6 is 0 Å². The quantitative estimate of drug-likeness (QED) is 0.136. The zero-order valence-corrected chi connectivity index (χ0v) is 29.0. The Morgan fingerprint density at radius 1 is 0.315 bits per heavy atom.